The van der Waals surface area contributed by atoms with Crippen molar-refractivity contribution in [3.63, 3.8) is 0 Å². The third kappa shape index (κ3) is 6.07. The minimum absolute atomic E-state index is 0.955. The zero-order valence-electron chi connectivity index (χ0n) is 23.5. The predicted molar refractivity (Wildman–Crippen MR) is 128 cm³/mol. The Bertz CT molecular complexity index is 956. The summed E-state index contributed by atoms with van der Waals surface area (Å²) in [7, 11) is 0. The van der Waals surface area contributed by atoms with Crippen LogP contribution in [0.3, 0.4) is 0 Å². The molecule has 2 rings (SSSR count). The fraction of sp³-hybridized carbons (Fsp3) is 0.875. The summed E-state index contributed by atoms with van der Waals surface area (Å²) in [6.45, 7) is 4.06. The van der Waals surface area contributed by atoms with Gasteiger partial charge in [0.05, 0.1) is 31.0 Å². The van der Waals surface area contributed by atoms with Crippen LogP contribution in [0.5, 0.6) is 0 Å². The van der Waals surface area contributed by atoms with E-state index in [1.165, 1.54) is 41.5 Å². The van der Waals surface area contributed by atoms with Crippen LogP contribution >= 0.6 is 0 Å². The van der Waals surface area contributed by atoms with E-state index < -0.39 is 109 Å². The second-order valence-electron chi connectivity index (χ2n) is 10.8. The summed E-state index contributed by atoms with van der Waals surface area (Å²) in [6.07, 6.45) is -10.7. The van der Waals surface area contributed by atoms with Crippen molar-refractivity contribution in [1.82, 2.24) is 0 Å². The number of hydrogen-bond acceptors (Lipinski definition) is 17. The molecule has 2 aliphatic heterocycles. The molecule has 0 spiro atoms. The molecule has 0 bridgehead atoms. The SMILES string of the molecule is CC(C)C(=O)O[C@@]1(OC2(CO)O[C@H](CO)[C@@H](O)[C@@H]2O)O[C@H](CO)[C@@H](O)[C@@](O)(OC(=O)C(C)C)[C@]1(O)OC(=O)C(C)C. The number of carbonyl (C=O) groups excluding carboxylic acids is 3. The van der Waals surface area contributed by atoms with Crippen molar-refractivity contribution < 1.29 is 83.7 Å². The molecule has 0 radical (unpaired) electrons. The van der Waals surface area contributed by atoms with Crippen molar-refractivity contribution in [1.29, 1.82) is 0 Å². The minimum Gasteiger partial charge on any atom is -0.422 e. The van der Waals surface area contributed by atoms with Crippen LogP contribution in [0.25, 0.3) is 0 Å². The summed E-state index contributed by atoms with van der Waals surface area (Å²) in [5.74, 6) is -22.0. The van der Waals surface area contributed by atoms with Crippen molar-refractivity contribution in [2.45, 2.75) is 95.4 Å². The number of ether oxygens (including phenoxy) is 6. The number of esters is 3. The molecule has 0 aromatic carbocycles. The summed E-state index contributed by atoms with van der Waals surface area (Å²) in [5.41, 5.74) is 0. The molecule has 238 valence electrons. The van der Waals surface area contributed by atoms with Gasteiger partial charge in [-0.1, -0.05) is 41.5 Å². The van der Waals surface area contributed by atoms with Gasteiger partial charge in [-0.05, 0) is 0 Å². The fourth-order valence-electron chi connectivity index (χ4n) is 3.89. The molecule has 2 saturated heterocycles. The lowest BCUT2D eigenvalue weighted by Crippen LogP contribution is -2.84. The number of carbonyl (C=O) groups is 3. The van der Waals surface area contributed by atoms with Gasteiger partial charge in [-0.2, -0.15) is 0 Å². The third-order valence-corrected chi connectivity index (χ3v) is 6.51. The van der Waals surface area contributed by atoms with Crippen molar-refractivity contribution >= 4 is 17.9 Å². The largest absolute Gasteiger partial charge is 0.422 e. The summed E-state index contributed by atoms with van der Waals surface area (Å²) in [4.78, 5) is 38.5. The van der Waals surface area contributed by atoms with Crippen molar-refractivity contribution in [2.75, 3.05) is 19.8 Å². The fourth-order valence-corrected chi connectivity index (χ4v) is 3.89. The third-order valence-electron chi connectivity index (χ3n) is 6.51. The molecule has 0 aromatic rings. The van der Waals surface area contributed by atoms with Crippen LogP contribution in [0.15, 0.2) is 0 Å². The normalized spacial score (nSPS) is 39.3. The molecule has 9 atom stereocenters. The molecule has 1 unspecified atom stereocenters. The van der Waals surface area contributed by atoms with Gasteiger partial charge in [-0.25, -0.2) is 0 Å². The molecule has 2 aliphatic rings. The van der Waals surface area contributed by atoms with E-state index in [1.54, 1.807) is 0 Å². The van der Waals surface area contributed by atoms with Gasteiger partial charge in [0, 0.05) is 0 Å². The highest BCUT2D eigenvalue weighted by molar-refractivity contribution is 5.74. The lowest BCUT2D eigenvalue weighted by molar-refractivity contribution is -0.587. The van der Waals surface area contributed by atoms with Crippen LogP contribution in [-0.2, 0) is 42.8 Å². The topological polar surface area (TPSA) is 268 Å². The van der Waals surface area contributed by atoms with E-state index in [9.17, 15) is 55.2 Å². The number of aliphatic hydroxyl groups excluding tert-OH is 6. The number of rotatable bonds is 11. The molecule has 0 amide bonds. The molecule has 0 aliphatic carbocycles. The Morgan fingerprint density at radius 2 is 1.17 bits per heavy atom. The van der Waals surface area contributed by atoms with Crippen molar-refractivity contribution in [2.24, 2.45) is 17.8 Å². The Kier molecular flexibility index (Phi) is 10.9. The first-order chi connectivity index (χ1) is 18.8. The summed E-state index contributed by atoms with van der Waals surface area (Å²) < 4.78 is 31.7. The molecule has 41 heavy (non-hydrogen) atoms. The molecule has 8 N–H and O–H groups in total. The maximum Gasteiger partial charge on any atom is 0.409 e. The molecular weight excluding hydrogens is 560 g/mol. The average Bonchev–Trinajstić information content (AvgIpc) is 3.14. The summed E-state index contributed by atoms with van der Waals surface area (Å²) in [5, 5.41) is 85.6. The molecule has 17 heteroatoms. The first-order valence-electron chi connectivity index (χ1n) is 12.9. The van der Waals surface area contributed by atoms with Gasteiger partial charge in [0.2, 0.25) is 5.79 Å². The number of hydrogen-bond donors (Lipinski definition) is 8. The zero-order valence-corrected chi connectivity index (χ0v) is 23.5. The highest BCUT2D eigenvalue weighted by Gasteiger charge is 2.83. The molecule has 0 aromatic heterocycles. The van der Waals surface area contributed by atoms with E-state index in [-0.39, 0.29) is 0 Å². The minimum atomic E-state index is -4.10. The maximum absolute atomic E-state index is 13.0. The Hall–Kier alpha value is -2.03. The highest BCUT2D eigenvalue weighted by Crippen LogP contribution is 2.51. The van der Waals surface area contributed by atoms with E-state index in [2.05, 4.69) is 0 Å². The quantitative estimate of drug-likeness (QED) is 0.0641. The molecular formula is C24H40O17. The maximum atomic E-state index is 13.0. The molecule has 0 saturated carbocycles. The number of aliphatic hydroxyl groups is 8. The van der Waals surface area contributed by atoms with Gasteiger partial charge < -0.3 is 64.5 Å². The smallest absolute Gasteiger partial charge is 0.409 e. The first kappa shape index (κ1) is 35.2. The van der Waals surface area contributed by atoms with E-state index in [0.717, 1.165) is 0 Å². The van der Waals surface area contributed by atoms with Crippen molar-refractivity contribution in [3.8, 4) is 0 Å². The Morgan fingerprint density at radius 3 is 1.59 bits per heavy atom. The average molecular weight is 601 g/mol. The molecule has 2 heterocycles. The first-order valence-corrected chi connectivity index (χ1v) is 12.9. The van der Waals surface area contributed by atoms with E-state index in [0.29, 0.717) is 0 Å². The standard InChI is InChI=1S/C24H40O17/c1-10(2)18(31)38-22(34)16(29)14(8-26)37-24(40-20(33)12(5)6,23(22,35)39-19(32)11(3)4)41-21(9-27)17(30)15(28)13(7-25)36-21/h10-17,25-30,34-35H,7-9H2,1-6H3/t13-,14-,15-,16-,17+,21?,22-,23+,24+/m1/s1. The van der Waals surface area contributed by atoms with Gasteiger partial charge >= 0.3 is 35.5 Å². The van der Waals surface area contributed by atoms with Crippen LogP contribution in [0.2, 0.25) is 0 Å². The second kappa shape index (κ2) is 12.7. The van der Waals surface area contributed by atoms with Gasteiger partial charge in [0.25, 0.3) is 0 Å². The van der Waals surface area contributed by atoms with Crippen LogP contribution in [0.4, 0.5) is 0 Å². The van der Waals surface area contributed by atoms with E-state index in [4.69, 9.17) is 28.4 Å². The Labute approximate surface area is 235 Å². The van der Waals surface area contributed by atoms with Gasteiger partial charge in [-0.15, -0.1) is 0 Å². The van der Waals surface area contributed by atoms with Crippen LogP contribution in [-0.4, -0.2) is 132 Å². The van der Waals surface area contributed by atoms with Gasteiger partial charge in [0.1, 0.15) is 31.0 Å². The predicted octanol–water partition coefficient (Wildman–Crippen LogP) is -3.81. The lowest BCUT2D eigenvalue weighted by Gasteiger charge is -2.57. The van der Waals surface area contributed by atoms with Gasteiger partial charge in [0.15, 0.2) is 6.10 Å². The summed E-state index contributed by atoms with van der Waals surface area (Å²) >= 11 is 0. The van der Waals surface area contributed by atoms with Crippen molar-refractivity contribution in [3.05, 3.63) is 0 Å². The van der Waals surface area contributed by atoms with E-state index >= 15 is 0 Å². The second-order valence-corrected chi connectivity index (χ2v) is 10.8. The Balaban J connectivity index is 2.97. The monoisotopic (exact) mass is 600 g/mol. The van der Waals surface area contributed by atoms with E-state index in [1.807, 2.05) is 0 Å². The van der Waals surface area contributed by atoms with Crippen LogP contribution in [0, 0.1) is 17.8 Å². The highest BCUT2D eigenvalue weighted by atomic mass is 17.0. The van der Waals surface area contributed by atoms with Crippen LogP contribution < -0.4 is 0 Å². The Morgan fingerprint density at radius 1 is 0.707 bits per heavy atom. The summed E-state index contributed by atoms with van der Waals surface area (Å²) in [6, 6.07) is 0. The molecule has 2 fully saturated rings. The molecule has 17 nitrogen and oxygen atoms in total. The lowest BCUT2D eigenvalue weighted by atomic mass is 9.88. The van der Waals surface area contributed by atoms with Gasteiger partial charge in [-0.3, -0.25) is 19.1 Å². The zero-order chi connectivity index (χ0) is 31.7. The van der Waals surface area contributed by atoms with Crippen LogP contribution in [0.1, 0.15) is 41.5 Å².